The largest absolute Gasteiger partial charge is 0.0622 e. The minimum Gasteiger partial charge on any atom is -0.0622 e. The third-order valence-corrected chi connectivity index (χ3v) is 0.940. The van der Waals surface area contributed by atoms with Crippen molar-refractivity contribution >= 4 is 0 Å². The van der Waals surface area contributed by atoms with Crippen molar-refractivity contribution in [3.63, 3.8) is 0 Å². The molecule has 0 radical (unpaired) electrons. The van der Waals surface area contributed by atoms with E-state index in [1.807, 2.05) is 18.2 Å². The fraction of sp³-hybridized carbons (Fsp3) is 0.143. The summed E-state index contributed by atoms with van der Waals surface area (Å²) in [5.41, 5.74) is 1.32. The van der Waals surface area contributed by atoms with Crippen LogP contribution in [0, 0.1) is 47.3 Å². The predicted molar refractivity (Wildman–Crippen MR) is 31.2 cm³/mol. The van der Waals surface area contributed by atoms with E-state index in [4.69, 9.17) is 0 Å². The van der Waals surface area contributed by atoms with Crippen molar-refractivity contribution in [2.24, 2.45) is 0 Å². The third-order valence-electron chi connectivity index (χ3n) is 0.940. The van der Waals surface area contributed by atoms with Gasteiger partial charge in [-0.15, -0.1) is 0 Å². The molecule has 0 spiro atoms. The number of hydrogen-bond acceptors (Lipinski definition) is 0. The van der Waals surface area contributed by atoms with Crippen LogP contribution in [-0.4, -0.2) is 0 Å². The molecule has 0 aliphatic heterocycles. The van der Waals surface area contributed by atoms with Gasteiger partial charge in [0, 0.05) is 40.4 Å². The maximum absolute atomic E-state index is 2.08. The minimum atomic E-state index is 0. The minimum absolute atomic E-state index is 0. The number of rotatable bonds is 0. The van der Waals surface area contributed by atoms with E-state index < -0.39 is 0 Å². The topological polar surface area (TPSA) is 0 Å². The molecule has 8 heavy (non-hydrogen) atoms. The first-order valence-corrected chi connectivity index (χ1v) is 2.41. The first-order chi connectivity index (χ1) is 3.39. The smallest absolute Gasteiger partial charge is 0 e. The molecule has 0 saturated carbocycles. The second-order valence-electron chi connectivity index (χ2n) is 1.65. The Labute approximate surface area is 82.4 Å². The number of benzene rings is 1. The Kier molecular flexibility index (Phi) is 4.75. The first kappa shape index (κ1) is 8.56. The zero-order chi connectivity index (χ0) is 5.11. The molecule has 1 aromatic rings. The Morgan fingerprint density at radius 3 is 1.75 bits per heavy atom. The average molecular weight is 243 g/mol. The second-order valence-corrected chi connectivity index (χ2v) is 1.65. The molecule has 0 aromatic heterocycles. The van der Waals surface area contributed by atoms with Crippen molar-refractivity contribution in [1.29, 1.82) is 0 Å². The molecule has 0 saturated heterocycles. The standard InChI is InChI=1S/C7H8.Sm/c1-7-5-3-2-4-6-7;/h2-6H,1H3;. The van der Waals surface area contributed by atoms with Crippen LogP contribution in [0.2, 0.25) is 0 Å². The molecule has 42 valence electrons. The predicted octanol–water partition coefficient (Wildman–Crippen LogP) is 2.00. The number of hydrogen-bond donors (Lipinski definition) is 0. The van der Waals surface area contributed by atoms with Crippen LogP contribution in [0.3, 0.4) is 0 Å². The molecule has 0 unspecified atom stereocenters. The summed E-state index contributed by atoms with van der Waals surface area (Å²) in [6.07, 6.45) is 0. The summed E-state index contributed by atoms with van der Waals surface area (Å²) in [6, 6.07) is 10.3. The van der Waals surface area contributed by atoms with Crippen LogP contribution < -0.4 is 0 Å². The van der Waals surface area contributed by atoms with Crippen molar-refractivity contribution in [2.45, 2.75) is 6.92 Å². The van der Waals surface area contributed by atoms with E-state index in [1.165, 1.54) is 5.56 Å². The fourth-order valence-electron chi connectivity index (χ4n) is 0.534. The zero-order valence-electron chi connectivity index (χ0n) is 4.79. The summed E-state index contributed by atoms with van der Waals surface area (Å²) in [4.78, 5) is 0. The van der Waals surface area contributed by atoms with Gasteiger partial charge in [-0.05, 0) is 6.92 Å². The Morgan fingerprint density at radius 1 is 1.00 bits per heavy atom. The maximum Gasteiger partial charge on any atom is 0 e. The molecule has 0 bridgehead atoms. The van der Waals surface area contributed by atoms with Gasteiger partial charge in [0.25, 0.3) is 0 Å². The van der Waals surface area contributed by atoms with Gasteiger partial charge in [0.2, 0.25) is 0 Å². The molecule has 1 rings (SSSR count). The van der Waals surface area contributed by atoms with Gasteiger partial charge in [0.05, 0.1) is 0 Å². The van der Waals surface area contributed by atoms with Crippen molar-refractivity contribution in [3.05, 3.63) is 35.9 Å². The van der Waals surface area contributed by atoms with E-state index in [2.05, 4.69) is 19.1 Å². The summed E-state index contributed by atoms with van der Waals surface area (Å²) in [7, 11) is 0. The van der Waals surface area contributed by atoms with Crippen molar-refractivity contribution in [3.8, 4) is 0 Å². The van der Waals surface area contributed by atoms with Gasteiger partial charge in [-0.1, -0.05) is 35.9 Å². The average Bonchev–Trinajstić information content (AvgIpc) is 1.69. The van der Waals surface area contributed by atoms with Crippen molar-refractivity contribution in [1.82, 2.24) is 0 Å². The van der Waals surface area contributed by atoms with Gasteiger partial charge in [0.1, 0.15) is 0 Å². The Morgan fingerprint density at radius 2 is 1.50 bits per heavy atom. The maximum atomic E-state index is 2.08. The molecule has 1 aromatic carbocycles. The van der Waals surface area contributed by atoms with E-state index in [0.717, 1.165) is 0 Å². The van der Waals surface area contributed by atoms with Gasteiger partial charge in [-0.25, -0.2) is 0 Å². The van der Waals surface area contributed by atoms with Crippen molar-refractivity contribution < 1.29 is 40.4 Å². The zero-order valence-corrected chi connectivity index (χ0v) is 7.41. The fourth-order valence-corrected chi connectivity index (χ4v) is 0.534. The quantitative estimate of drug-likeness (QED) is 0.653. The van der Waals surface area contributed by atoms with Gasteiger partial charge >= 0.3 is 0 Å². The third kappa shape index (κ3) is 2.77. The van der Waals surface area contributed by atoms with Crippen LogP contribution in [0.15, 0.2) is 30.3 Å². The normalized spacial score (nSPS) is 7.62. The Hall–Kier alpha value is 0.558. The van der Waals surface area contributed by atoms with Gasteiger partial charge < -0.3 is 0 Å². The summed E-state index contributed by atoms with van der Waals surface area (Å²) < 4.78 is 0. The van der Waals surface area contributed by atoms with E-state index in [-0.39, 0.29) is 40.4 Å². The summed E-state index contributed by atoms with van der Waals surface area (Å²) in [6.45, 7) is 2.08. The number of aryl methyl sites for hydroxylation is 1. The van der Waals surface area contributed by atoms with Crippen molar-refractivity contribution in [2.75, 3.05) is 0 Å². The SMILES string of the molecule is Cc1ccccc1.[Sm]. The van der Waals surface area contributed by atoms with Gasteiger partial charge in [-0.3, -0.25) is 0 Å². The van der Waals surface area contributed by atoms with E-state index in [0.29, 0.717) is 0 Å². The van der Waals surface area contributed by atoms with E-state index in [1.54, 1.807) is 0 Å². The van der Waals surface area contributed by atoms with Gasteiger partial charge in [-0.2, -0.15) is 0 Å². The Balaban J connectivity index is 0.000000490. The molecular weight excluding hydrogens is 234 g/mol. The Bertz CT molecular complexity index is 134. The molecule has 0 fully saturated rings. The molecule has 0 aliphatic rings. The molecule has 1 heteroatoms. The van der Waals surface area contributed by atoms with Crippen LogP contribution in [0.4, 0.5) is 0 Å². The second kappa shape index (κ2) is 4.44. The molecule has 0 heterocycles. The molecule has 0 nitrogen and oxygen atoms in total. The molecule has 0 aliphatic carbocycles. The van der Waals surface area contributed by atoms with E-state index >= 15 is 0 Å². The first-order valence-electron chi connectivity index (χ1n) is 2.41. The summed E-state index contributed by atoms with van der Waals surface area (Å²) in [5, 5.41) is 0. The van der Waals surface area contributed by atoms with Crippen LogP contribution in [0.5, 0.6) is 0 Å². The monoisotopic (exact) mass is 244 g/mol. The van der Waals surface area contributed by atoms with Crippen LogP contribution in [-0.2, 0) is 0 Å². The van der Waals surface area contributed by atoms with E-state index in [9.17, 15) is 0 Å². The van der Waals surface area contributed by atoms with Crippen LogP contribution >= 0.6 is 0 Å². The molecular formula is C7H8Sm. The summed E-state index contributed by atoms with van der Waals surface area (Å²) in [5.74, 6) is 0. The molecule has 0 amide bonds. The molecule has 0 atom stereocenters. The van der Waals surface area contributed by atoms with Crippen LogP contribution in [0.1, 0.15) is 5.56 Å². The van der Waals surface area contributed by atoms with Gasteiger partial charge in [0.15, 0.2) is 0 Å². The molecule has 0 N–H and O–H groups in total. The summed E-state index contributed by atoms with van der Waals surface area (Å²) >= 11 is 0. The van der Waals surface area contributed by atoms with Crippen LogP contribution in [0.25, 0.3) is 0 Å².